The number of amides is 1. The van der Waals surface area contributed by atoms with Gasteiger partial charge in [0.15, 0.2) is 0 Å². The summed E-state index contributed by atoms with van der Waals surface area (Å²) in [5.74, 6) is 2.02. The average molecular weight is 352 g/mol. The number of carbonyl (C=O) groups is 1. The third-order valence-electron chi connectivity index (χ3n) is 5.03. The maximum atomic E-state index is 12.6. The molecule has 4 rings (SSSR count). The van der Waals surface area contributed by atoms with Crippen molar-refractivity contribution >= 4 is 16.9 Å². The van der Waals surface area contributed by atoms with E-state index in [9.17, 15) is 4.79 Å². The molecule has 3 aromatic rings. The first-order valence-corrected chi connectivity index (χ1v) is 9.14. The summed E-state index contributed by atoms with van der Waals surface area (Å²) in [7, 11) is 0. The van der Waals surface area contributed by atoms with Crippen LogP contribution in [0.2, 0.25) is 0 Å². The number of carbonyl (C=O) groups excluding carboxylic acids is 1. The van der Waals surface area contributed by atoms with Gasteiger partial charge in [-0.2, -0.15) is 0 Å². The van der Waals surface area contributed by atoms with E-state index in [0.717, 1.165) is 61.7 Å². The number of aryl methyl sites for hydroxylation is 1. The highest BCUT2D eigenvalue weighted by molar-refractivity contribution is 5.77. The van der Waals surface area contributed by atoms with Crippen molar-refractivity contribution in [3.63, 3.8) is 0 Å². The van der Waals surface area contributed by atoms with Crippen LogP contribution in [-0.4, -0.2) is 51.4 Å². The molecule has 1 aromatic carbocycles. The first-order chi connectivity index (χ1) is 12.7. The first-order valence-electron chi connectivity index (χ1n) is 9.14. The molecule has 26 heavy (non-hydrogen) atoms. The minimum absolute atomic E-state index is 0.164. The van der Waals surface area contributed by atoms with Gasteiger partial charge in [-0.15, -0.1) is 0 Å². The SMILES string of the molecule is Cc1nccn1CC(=O)N1CCCN(Cc2cc3ccccc3o2)CC1. The minimum atomic E-state index is 0.164. The Bertz CT molecular complexity index is 865. The van der Waals surface area contributed by atoms with Crippen LogP contribution in [0.5, 0.6) is 0 Å². The van der Waals surface area contributed by atoms with Gasteiger partial charge in [-0.05, 0) is 25.5 Å². The molecule has 0 bridgehead atoms. The third kappa shape index (κ3) is 3.65. The van der Waals surface area contributed by atoms with Crippen molar-refractivity contribution in [3.05, 3.63) is 54.3 Å². The lowest BCUT2D eigenvalue weighted by atomic mass is 10.2. The number of nitrogens with zero attached hydrogens (tertiary/aromatic N) is 4. The summed E-state index contributed by atoms with van der Waals surface area (Å²) >= 11 is 0. The predicted molar refractivity (Wildman–Crippen MR) is 99.7 cm³/mol. The van der Waals surface area contributed by atoms with E-state index in [1.54, 1.807) is 6.20 Å². The second-order valence-electron chi connectivity index (χ2n) is 6.86. The lowest BCUT2D eigenvalue weighted by molar-refractivity contribution is -0.131. The molecule has 1 fully saturated rings. The Morgan fingerprint density at radius 2 is 2.08 bits per heavy atom. The summed E-state index contributed by atoms with van der Waals surface area (Å²) < 4.78 is 7.84. The van der Waals surface area contributed by atoms with Crippen molar-refractivity contribution in [2.24, 2.45) is 0 Å². The zero-order chi connectivity index (χ0) is 17.9. The van der Waals surface area contributed by atoms with Crippen molar-refractivity contribution in [1.29, 1.82) is 0 Å². The highest BCUT2D eigenvalue weighted by Crippen LogP contribution is 2.20. The van der Waals surface area contributed by atoms with Gasteiger partial charge in [0, 0.05) is 44.0 Å². The lowest BCUT2D eigenvalue weighted by Gasteiger charge is -2.22. The maximum absolute atomic E-state index is 12.6. The molecule has 1 aliphatic heterocycles. The molecule has 0 saturated carbocycles. The molecule has 6 nitrogen and oxygen atoms in total. The zero-order valence-corrected chi connectivity index (χ0v) is 15.1. The van der Waals surface area contributed by atoms with Crippen molar-refractivity contribution < 1.29 is 9.21 Å². The Kier molecular flexibility index (Phi) is 4.75. The second-order valence-corrected chi connectivity index (χ2v) is 6.86. The van der Waals surface area contributed by atoms with E-state index < -0.39 is 0 Å². The van der Waals surface area contributed by atoms with Gasteiger partial charge >= 0.3 is 0 Å². The smallest absolute Gasteiger partial charge is 0.242 e. The molecule has 0 radical (unpaired) electrons. The predicted octanol–water partition coefficient (Wildman–Crippen LogP) is 2.67. The topological polar surface area (TPSA) is 54.5 Å². The van der Waals surface area contributed by atoms with E-state index in [0.29, 0.717) is 6.54 Å². The molecule has 0 spiro atoms. The van der Waals surface area contributed by atoms with E-state index in [-0.39, 0.29) is 5.91 Å². The minimum Gasteiger partial charge on any atom is -0.460 e. The number of imidazole rings is 1. The van der Waals surface area contributed by atoms with E-state index in [2.05, 4.69) is 22.0 Å². The van der Waals surface area contributed by atoms with Gasteiger partial charge < -0.3 is 13.9 Å². The highest BCUT2D eigenvalue weighted by Gasteiger charge is 2.20. The van der Waals surface area contributed by atoms with E-state index >= 15 is 0 Å². The zero-order valence-electron chi connectivity index (χ0n) is 15.1. The third-order valence-corrected chi connectivity index (χ3v) is 5.03. The molecule has 0 aliphatic carbocycles. The van der Waals surface area contributed by atoms with Crippen molar-refractivity contribution in [1.82, 2.24) is 19.4 Å². The Labute approximate surface area is 153 Å². The number of rotatable bonds is 4. The van der Waals surface area contributed by atoms with Crippen LogP contribution in [0, 0.1) is 6.92 Å². The highest BCUT2D eigenvalue weighted by atomic mass is 16.3. The quantitative estimate of drug-likeness (QED) is 0.724. The van der Waals surface area contributed by atoms with Gasteiger partial charge in [-0.1, -0.05) is 18.2 Å². The summed E-state index contributed by atoms with van der Waals surface area (Å²) in [6, 6.07) is 10.2. The lowest BCUT2D eigenvalue weighted by Crippen LogP contribution is -2.37. The number of hydrogen-bond donors (Lipinski definition) is 0. The fourth-order valence-corrected chi connectivity index (χ4v) is 3.53. The second kappa shape index (κ2) is 7.33. The summed E-state index contributed by atoms with van der Waals surface area (Å²) in [6.07, 6.45) is 4.58. The van der Waals surface area contributed by atoms with Gasteiger partial charge in [0.25, 0.3) is 0 Å². The molecule has 1 saturated heterocycles. The number of benzene rings is 1. The van der Waals surface area contributed by atoms with Crippen LogP contribution in [0.1, 0.15) is 18.0 Å². The first kappa shape index (κ1) is 16.8. The summed E-state index contributed by atoms with van der Waals surface area (Å²) in [4.78, 5) is 21.1. The Morgan fingerprint density at radius 1 is 1.19 bits per heavy atom. The molecule has 0 unspecified atom stereocenters. The van der Waals surface area contributed by atoms with E-state index in [4.69, 9.17) is 4.42 Å². The molecule has 0 N–H and O–H groups in total. The van der Waals surface area contributed by atoms with Crippen LogP contribution in [-0.2, 0) is 17.9 Å². The maximum Gasteiger partial charge on any atom is 0.242 e. The molecule has 2 aromatic heterocycles. The molecule has 6 heteroatoms. The normalized spacial score (nSPS) is 16.1. The van der Waals surface area contributed by atoms with Gasteiger partial charge in [-0.3, -0.25) is 9.69 Å². The molecule has 3 heterocycles. The van der Waals surface area contributed by atoms with E-state index in [1.165, 1.54) is 0 Å². The van der Waals surface area contributed by atoms with E-state index in [1.807, 2.05) is 40.8 Å². The summed E-state index contributed by atoms with van der Waals surface area (Å²) in [5, 5.41) is 1.14. The van der Waals surface area contributed by atoms with Crippen LogP contribution < -0.4 is 0 Å². The van der Waals surface area contributed by atoms with Gasteiger partial charge in [-0.25, -0.2) is 4.98 Å². The number of furan rings is 1. The largest absolute Gasteiger partial charge is 0.460 e. The van der Waals surface area contributed by atoms with Gasteiger partial charge in [0.2, 0.25) is 5.91 Å². The molecular formula is C20H24N4O2. The van der Waals surface area contributed by atoms with Crippen LogP contribution in [0.4, 0.5) is 0 Å². The van der Waals surface area contributed by atoms with Crippen LogP contribution >= 0.6 is 0 Å². The molecule has 136 valence electrons. The summed E-state index contributed by atoms with van der Waals surface area (Å²) in [5.41, 5.74) is 0.935. The Morgan fingerprint density at radius 3 is 2.88 bits per heavy atom. The number of hydrogen-bond acceptors (Lipinski definition) is 4. The van der Waals surface area contributed by atoms with Gasteiger partial charge in [0.1, 0.15) is 23.7 Å². The standard InChI is InChI=1S/C20H24N4O2/c1-16-21-7-10-24(16)15-20(25)23-9-4-8-22(11-12-23)14-18-13-17-5-2-3-6-19(17)26-18/h2-3,5-7,10,13H,4,8-9,11-12,14-15H2,1H3. The summed E-state index contributed by atoms with van der Waals surface area (Å²) in [6.45, 7) is 6.49. The molecule has 0 atom stereocenters. The van der Waals surface area contributed by atoms with Crippen molar-refractivity contribution in [2.75, 3.05) is 26.2 Å². The monoisotopic (exact) mass is 352 g/mol. The molecular weight excluding hydrogens is 328 g/mol. The Balaban J connectivity index is 1.35. The fourth-order valence-electron chi connectivity index (χ4n) is 3.53. The number of para-hydroxylation sites is 1. The van der Waals surface area contributed by atoms with Crippen molar-refractivity contribution in [2.45, 2.75) is 26.4 Å². The van der Waals surface area contributed by atoms with Crippen LogP contribution in [0.15, 0.2) is 47.1 Å². The number of aromatic nitrogens is 2. The molecule has 1 amide bonds. The fraction of sp³-hybridized carbons (Fsp3) is 0.400. The van der Waals surface area contributed by atoms with Crippen LogP contribution in [0.3, 0.4) is 0 Å². The van der Waals surface area contributed by atoms with Crippen molar-refractivity contribution in [3.8, 4) is 0 Å². The Hall–Kier alpha value is -2.60. The van der Waals surface area contributed by atoms with Crippen LogP contribution in [0.25, 0.3) is 11.0 Å². The molecule has 1 aliphatic rings. The van der Waals surface area contributed by atoms with Gasteiger partial charge in [0.05, 0.1) is 6.54 Å². The average Bonchev–Trinajstić information content (AvgIpc) is 3.14. The number of fused-ring (bicyclic) bond motifs is 1.